The first-order valence-electron chi connectivity index (χ1n) is 12.7. The van der Waals surface area contributed by atoms with E-state index in [1.54, 1.807) is 6.07 Å². The average molecular weight is 600 g/mol. The van der Waals surface area contributed by atoms with Crippen LogP contribution in [-0.4, -0.2) is 70.8 Å². The number of aryl methyl sites for hydroxylation is 1. The number of amidine groups is 1. The molecule has 3 aromatic rings. The molecule has 0 aliphatic carbocycles. The maximum atomic E-state index is 13.9. The van der Waals surface area contributed by atoms with Crippen molar-refractivity contribution >= 4 is 66.9 Å². The van der Waals surface area contributed by atoms with Crippen LogP contribution in [0.1, 0.15) is 18.9 Å². The normalized spacial score (nSPS) is 16.1. The highest BCUT2D eigenvalue weighted by Crippen LogP contribution is 2.34. The van der Waals surface area contributed by atoms with Crippen LogP contribution >= 0.6 is 0 Å². The number of hydrogen-bond acceptors (Lipinski definition) is 9. The molecule has 0 spiro atoms. The summed E-state index contributed by atoms with van der Waals surface area (Å²) < 4.78 is 57.4. The average Bonchev–Trinajstić information content (AvgIpc) is 3.43. The first kappa shape index (κ1) is 28.2. The van der Waals surface area contributed by atoms with E-state index in [0.717, 1.165) is 41.5 Å². The van der Waals surface area contributed by atoms with Crippen molar-refractivity contribution in [1.29, 1.82) is 0 Å². The summed E-state index contributed by atoms with van der Waals surface area (Å²) in [7, 11) is -4.28. The van der Waals surface area contributed by atoms with Crippen LogP contribution in [0.4, 0.5) is 28.6 Å². The predicted molar refractivity (Wildman–Crippen MR) is 158 cm³/mol. The third-order valence-corrected chi connectivity index (χ3v) is 9.06. The number of carbonyl (C=O) groups excluding carboxylic acids is 1. The number of aliphatic imine (C=N–C) groups is 2. The molecule has 3 heterocycles. The van der Waals surface area contributed by atoms with Gasteiger partial charge in [-0.3, -0.25) is 13.8 Å². The van der Waals surface area contributed by atoms with E-state index in [4.69, 9.17) is 4.74 Å². The third kappa shape index (κ3) is 5.50. The van der Waals surface area contributed by atoms with Crippen LogP contribution in [0, 0.1) is 0 Å². The van der Waals surface area contributed by atoms with Gasteiger partial charge in [-0.2, -0.15) is 0 Å². The molecule has 1 amide bonds. The highest BCUT2D eigenvalue weighted by atomic mass is 32.2. The van der Waals surface area contributed by atoms with E-state index in [9.17, 15) is 21.6 Å². The van der Waals surface area contributed by atoms with Crippen LogP contribution in [0.15, 0.2) is 63.5 Å². The summed E-state index contributed by atoms with van der Waals surface area (Å²) in [5.41, 5.74) is 2.68. The van der Waals surface area contributed by atoms with Gasteiger partial charge in [0.25, 0.3) is 15.9 Å². The SMILES string of the molecule is CCN1CCCc2cc(/N=C(\C(=O)Nc3cc(N[SH](=O)=O)ccc3OC)C3=Nc4[nH]ccc4S(=O)(=O)N3C)ccc21. The minimum absolute atomic E-state index is 0.0240. The molecule has 5 rings (SSSR count). The smallest absolute Gasteiger partial charge is 0.278 e. The van der Waals surface area contributed by atoms with Gasteiger partial charge in [0.15, 0.2) is 17.4 Å². The highest BCUT2D eigenvalue weighted by Gasteiger charge is 2.37. The molecule has 41 heavy (non-hydrogen) atoms. The Morgan fingerprint density at radius 1 is 1.20 bits per heavy atom. The molecule has 2 aromatic carbocycles. The highest BCUT2D eigenvalue weighted by molar-refractivity contribution is 7.90. The molecule has 216 valence electrons. The predicted octanol–water partition coefficient (Wildman–Crippen LogP) is 2.81. The number of nitrogens with one attached hydrogen (secondary N) is 3. The standard InChI is InChI=1S/C26H29N7O6S2/c1-4-33-13-5-6-16-14-17(7-9-20(16)33)28-23(25-30-24-22(11-12-27-24)41(37,38)32(25)2)26(34)29-19-15-18(31-40(35)36)8-10-21(19)39-3/h7-12,14-15,27,40H,4-6,13H2,1-3H3,(H,29,34)(H,31,35,36)/b28-23-. The second-order valence-electron chi connectivity index (χ2n) is 9.29. The first-order chi connectivity index (χ1) is 19.6. The van der Waals surface area contributed by atoms with Gasteiger partial charge in [-0.15, -0.1) is 0 Å². The number of rotatable bonds is 8. The molecular weight excluding hydrogens is 570 g/mol. The second kappa shape index (κ2) is 11.2. The van der Waals surface area contributed by atoms with Crippen molar-refractivity contribution in [3.63, 3.8) is 0 Å². The molecule has 0 radical (unpaired) electrons. The molecular formula is C26H29N7O6S2. The van der Waals surface area contributed by atoms with Gasteiger partial charge >= 0.3 is 0 Å². The summed E-state index contributed by atoms with van der Waals surface area (Å²) in [5, 5.41) is 2.68. The quantitative estimate of drug-likeness (QED) is 0.228. The Morgan fingerprint density at radius 3 is 2.73 bits per heavy atom. The number of carbonyl (C=O) groups is 1. The zero-order chi connectivity index (χ0) is 29.3. The Balaban J connectivity index is 1.62. The van der Waals surface area contributed by atoms with E-state index in [2.05, 4.69) is 36.8 Å². The Labute approximate surface area is 239 Å². The van der Waals surface area contributed by atoms with Crippen molar-refractivity contribution in [3.05, 3.63) is 54.2 Å². The molecule has 3 N–H and O–H groups in total. The lowest BCUT2D eigenvalue weighted by molar-refractivity contribution is -0.110. The van der Waals surface area contributed by atoms with E-state index in [1.807, 2.05) is 12.1 Å². The largest absolute Gasteiger partial charge is 0.495 e. The van der Waals surface area contributed by atoms with Gasteiger partial charge in [0.05, 0.1) is 24.2 Å². The van der Waals surface area contributed by atoms with Gasteiger partial charge in [-0.25, -0.2) is 26.8 Å². The van der Waals surface area contributed by atoms with Crippen molar-refractivity contribution in [2.45, 2.75) is 24.7 Å². The number of thiol groups is 1. The number of nitrogens with zero attached hydrogens (tertiary/aromatic N) is 4. The Kier molecular flexibility index (Phi) is 7.73. The van der Waals surface area contributed by atoms with Gasteiger partial charge in [-0.1, -0.05) is 0 Å². The lowest BCUT2D eigenvalue weighted by atomic mass is 10.0. The molecule has 2 aliphatic heterocycles. The van der Waals surface area contributed by atoms with Crippen molar-refractivity contribution in [2.24, 2.45) is 9.98 Å². The van der Waals surface area contributed by atoms with Crippen LogP contribution in [0.5, 0.6) is 5.75 Å². The number of H-pyrrole nitrogens is 1. The van der Waals surface area contributed by atoms with Crippen LogP contribution < -0.4 is 19.7 Å². The first-order valence-corrected chi connectivity index (χ1v) is 15.4. The molecule has 0 saturated carbocycles. The topological polar surface area (TPSA) is 166 Å². The van der Waals surface area contributed by atoms with Crippen molar-refractivity contribution in [3.8, 4) is 5.75 Å². The summed E-state index contributed by atoms with van der Waals surface area (Å²) in [6, 6.07) is 11.3. The number of aromatic amines is 1. The number of hydrogen-bond donors (Lipinski definition) is 4. The zero-order valence-electron chi connectivity index (χ0n) is 22.5. The maximum absolute atomic E-state index is 13.9. The van der Waals surface area contributed by atoms with Crippen LogP contribution in [0.3, 0.4) is 0 Å². The molecule has 13 nitrogen and oxygen atoms in total. The molecule has 0 atom stereocenters. The number of sulfonamides is 1. The Morgan fingerprint density at radius 2 is 2.00 bits per heavy atom. The van der Waals surface area contributed by atoms with Crippen molar-refractivity contribution < 1.29 is 26.4 Å². The summed E-state index contributed by atoms with van der Waals surface area (Å²) in [4.78, 5) is 27.9. The number of ether oxygens (including phenoxy) is 1. The Bertz CT molecular complexity index is 1750. The lowest BCUT2D eigenvalue weighted by Gasteiger charge is -2.30. The summed E-state index contributed by atoms with van der Waals surface area (Å²) in [5.74, 6) is -0.654. The minimum Gasteiger partial charge on any atom is -0.495 e. The lowest BCUT2D eigenvalue weighted by Crippen LogP contribution is -2.44. The van der Waals surface area contributed by atoms with E-state index in [1.165, 1.54) is 44.6 Å². The van der Waals surface area contributed by atoms with Crippen LogP contribution in [0.2, 0.25) is 0 Å². The fraction of sp³-hybridized carbons (Fsp3) is 0.269. The van der Waals surface area contributed by atoms with E-state index in [-0.39, 0.29) is 39.4 Å². The fourth-order valence-corrected chi connectivity index (χ4v) is 6.42. The molecule has 0 bridgehead atoms. The van der Waals surface area contributed by atoms with Gasteiger partial charge in [0.2, 0.25) is 10.9 Å². The van der Waals surface area contributed by atoms with E-state index in [0.29, 0.717) is 5.69 Å². The molecule has 2 aliphatic rings. The molecule has 0 unspecified atom stereocenters. The Hall–Kier alpha value is -4.37. The zero-order valence-corrected chi connectivity index (χ0v) is 24.3. The molecule has 0 fully saturated rings. The minimum atomic E-state index is -4.03. The van der Waals surface area contributed by atoms with E-state index >= 15 is 0 Å². The monoisotopic (exact) mass is 599 g/mol. The number of fused-ring (bicyclic) bond motifs is 2. The fourth-order valence-electron chi connectivity index (χ4n) is 4.83. The van der Waals surface area contributed by atoms with Crippen LogP contribution in [0.25, 0.3) is 0 Å². The van der Waals surface area contributed by atoms with Gasteiger partial charge in [0.1, 0.15) is 10.6 Å². The summed E-state index contributed by atoms with van der Waals surface area (Å²) in [6.07, 6.45) is 3.27. The van der Waals surface area contributed by atoms with Gasteiger partial charge in [0, 0.05) is 32.0 Å². The molecule has 15 heteroatoms. The number of amides is 1. The van der Waals surface area contributed by atoms with Crippen LogP contribution in [-0.2, 0) is 32.1 Å². The molecule has 0 saturated heterocycles. The number of aromatic nitrogens is 1. The maximum Gasteiger partial charge on any atom is 0.278 e. The van der Waals surface area contributed by atoms with Crippen molar-refractivity contribution in [1.82, 2.24) is 9.29 Å². The van der Waals surface area contributed by atoms with Gasteiger partial charge < -0.3 is 19.9 Å². The van der Waals surface area contributed by atoms with Crippen molar-refractivity contribution in [2.75, 3.05) is 42.2 Å². The summed E-state index contributed by atoms with van der Waals surface area (Å²) >= 11 is 0. The number of anilines is 3. The molecule has 1 aromatic heterocycles. The number of methoxy groups -OCH3 is 1. The van der Waals surface area contributed by atoms with Gasteiger partial charge in [-0.05, 0) is 67.8 Å². The summed E-state index contributed by atoms with van der Waals surface area (Å²) in [6.45, 7) is 3.90. The second-order valence-corrected chi connectivity index (χ2v) is 12.0. The number of benzene rings is 2. The third-order valence-electron chi connectivity index (χ3n) is 6.84. The van der Waals surface area contributed by atoms with E-state index < -0.39 is 26.8 Å².